The van der Waals surface area contributed by atoms with Crippen molar-refractivity contribution < 1.29 is 48.6 Å². The van der Waals surface area contributed by atoms with E-state index in [1.54, 1.807) is 6.92 Å². The van der Waals surface area contributed by atoms with E-state index >= 15 is 0 Å². The zero-order chi connectivity index (χ0) is 12.6. The number of hydrogen-bond donors (Lipinski definition) is 0. The second-order valence-electron chi connectivity index (χ2n) is 3.81. The van der Waals surface area contributed by atoms with Crippen molar-refractivity contribution in [2.75, 3.05) is 13.1 Å². The topological polar surface area (TPSA) is 60.4 Å². The van der Waals surface area contributed by atoms with Gasteiger partial charge >= 0.3 is 29.6 Å². The van der Waals surface area contributed by atoms with Crippen molar-refractivity contribution in [3.8, 4) is 0 Å². The van der Waals surface area contributed by atoms with Crippen LogP contribution in [0.2, 0.25) is 0 Å². The Hall–Kier alpha value is -0.130. The average molecular weight is 255 g/mol. The molecule has 0 aromatic heterocycles. The van der Waals surface area contributed by atoms with Crippen molar-refractivity contribution in [2.24, 2.45) is 0 Å². The number of alkyl halides is 1. The Balaban J connectivity index is 0. The molecule has 0 fully saturated rings. The Kier molecular flexibility index (Phi) is 12.4. The van der Waals surface area contributed by atoms with Crippen molar-refractivity contribution in [2.45, 2.75) is 45.7 Å². The van der Waals surface area contributed by atoms with E-state index < -0.39 is 12.1 Å². The third-order valence-electron chi connectivity index (χ3n) is 2.30. The first-order valence-electron chi connectivity index (χ1n) is 5.59. The zero-order valence-corrected chi connectivity index (χ0v) is 12.9. The maximum absolute atomic E-state index is 12.4. The van der Waals surface area contributed by atoms with Gasteiger partial charge in [-0.3, -0.25) is 4.79 Å². The second-order valence-corrected chi connectivity index (χ2v) is 3.81. The molecule has 0 saturated heterocycles. The van der Waals surface area contributed by atoms with Gasteiger partial charge in [0.1, 0.15) is 0 Å². The van der Waals surface area contributed by atoms with Crippen LogP contribution in [0.4, 0.5) is 4.39 Å². The summed E-state index contributed by atoms with van der Waals surface area (Å²) in [6, 6.07) is 0. The summed E-state index contributed by atoms with van der Waals surface area (Å²) in [6.07, 6.45) is 1.11. The Labute approximate surface area is 124 Å². The van der Waals surface area contributed by atoms with Crippen LogP contribution >= 0.6 is 0 Å². The molecule has 94 valence electrons. The van der Waals surface area contributed by atoms with Crippen molar-refractivity contribution in [3.05, 3.63) is 0 Å². The monoisotopic (exact) mass is 255 g/mol. The van der Waals surface area contributed by atoms with Crippen LogP contribution in [-0.4, -0.2) is 36.0 Å². The summed E-state index contributed by atoms with van der Waals surface area (Å²) in [4.78, 5) is 23.1. The fourth-order valence-corrected chi connectivity index (χ4v) is 1.39. The standard InChI is InChI=1S/C11H20FNO3.Na/c1-3-13(8-11(15)16)10(14)7-5-4-6-9(2)12;/h9H,3-8H2,1-2H3,(H,15,16);/q;+1/p-1. The number of carboxylic acids is 1. The van der Waals surface area contributed by atoms with E-state index in [1.165, 1.54) is 11.8 Å². The maximum atomic E-state index is 12.4. The van der Waals surface area contributed by atoms with E-state index in [9.17, 15) is 19.1 Å². The third kappa shape index (κ3) is 10.7. The molecule has 0 radical (unpaired) electrons. The van der Waals surface area contributed by atoms with E-state index in [1.807, 2.05) is 0 Å². The molecule has 0 aromatic rings. The molecule has 0 saturated carbocycles. The summed E-state index contributed by atoms with van der Waals surface area (Å²) in [5, 5.41) is 10.3. The summed E-state index contributed by atoms with van der Waals surface area (Å²) < 4.78 is 12.4. The molecule has 6 heteroatoms. The first kappa shape index (κ1) is 19.2. The minimum Gasteiger partial charge on any atom is -0.548 e. The van der Waals surface area contributed by atoms with Crippen molar-refractivity contribution in [3.63, 3.8) is 0 Å². The molecular weight excluding hydrogens is 236 g/mol. The number of rotatable bonds is 8. The summed E-state index contributed by atoms with van der Waals surface area (Å²) in [6.45, 7) is 3.18. The average Bonchev–Trinajstić information content (AvgIpc) is 2.20. The molecule has 0 heterocycles. The van der Waals surface area contributed by atoms with Crippen LogP contribution in [0.15, 0.2) is 0 Å². The zero-order valence-electron chi connectivity index (χ0n) is 10.9. The van der Waals surface area contributed by atoms with Crippen LogP contribution < -0.4 is 34.7 Å². The Morgan fingerprint density at radius 2 is 1.94 bits per heavy atom. The quantitative estimate of drug-likeness (QED) is 0.356. The molecule has 0 N–H and O–H groups in total. The van der Waals surface area contributed by atoms with Crippen LogP contribution in [0.3, 0.4) is 0 Å². The smallest absolute Gasteiger partial charge is 0.548 e. The van der Waals surface area contributed by atoms with Gasteiger partial charge in [0.25, 0.3) is 0 Å². The van der Waals surface area contributed by atoms with Gasteiger partial charge in [0.15, 0.2) is 0 Å². The van der Waals surface area contributed by atoms with Crippen LogP contribution in [0.5, 0.6) is 0 Å². The number of carbonyl (C=O) groups is 2. The van der Waals surface area contributed by atoms with Gasteiger partial charge in [0.2, 0.25) is 5.91 Å². The third-order valence-corrected chi connectivity index (χ3v) is 2.30. The van der Waals surface area contributed by atoms with Gasteiger partial charge in [-0.2, -0.15) is 0 Å². The molecule has 0 aliphatic rings. The molecule has 0 aliphatic carbocycles. The number of aliphatic carboxylic acids is 1. The number of amides is 1. The number of carboxylic acid groups (broad SMARTS) is 1. The molecule has 0 aliphatic heterocycles. The maximum Gasteiger partial charge on any atom is 1.00 e. The second kappa shape index (κ2) is 11.0. The van der Waals surface area contributed by atoms with E-state index in [2.05, 4.69) is 0 Å². The summed E-state index contributed by atoms with van der Waals surface area (Å²) in [5.41, 5.74) is 0. The molecule has 0 spiro atoms. The predicted octanol–water partition coefficient (Wildman–Crippen LogP) is -2.49. The van der Waals surface area contributed by atoms with Crippen molar-refractivity contribution >= 4 is 11.9 Å². The molecule has 4 nitrogen and oxygen atoms in total. The minimum absolute atomic E-state index is 0. The largest absolute Gasteiger partial charge is 1.00 e. The van der Waals surface area contributed by atoms with Crippen molar-refractivity contribution in [1.29, 1.82) is 0 Å². The first-order valence-corrected chi connectivity index (χ1v) is 5.59. The van der Waals surface area contributed by atoms with Crippen LogP contribution in [0.25, 0.3) is 0 Å². The number of nitrogens with zero attached hydrogens (tertiary/aromatic N) is 1. The Morgan fingerprint density at radius 1 is 1.35 bits per heavy atom. The molecule has 17 heavy (non-hydrogen) atoms. The number of halogens is 1. The molecule has 1 amide bonds. The predicted molar refractivity (Wildman–Crippen MR) is 56.3 cm³/mol. The van der Waals surface area contributed by atoms with E-state index in [0.29, 0.717) is 25.8 Å². The summed E-state index contributed by atoms with van der Waals surface area (Å²) >= 11 is 0. The molecule has 0 bridgehead atoms. The van der Waals surface area contributed by atoms with Crippen LogP contribution in [-0.2, 0) is 9.59 Å². The SMILES string of the molecule is CCN(CC(=O)[O-])C(=O)CCCCC(C)F.[Na+]. The number of carbonyl (C=O) groups excluding carboxylic acids is 2. The fourth-order valence-electron chi connectivity index (χ4n) is 1.39. The van der Waals surface area contributed by atoms with Gasteiger partial charge in [-0.15, -0.1) is 0 Å². The van der Waals surface area contributed by atoms with Gasteiger partial charge in [-0.1, -0.05) is 6.42 Å². The Morgan fingerprint density at radius 3 is 2.35 bits per heavy atom. The van der Waals surface area contributed by atoms with E-state index in [-0.39, 0.29) is 48.4 Å². The molecule has 0 aromatic carbocycles. The van der Waals surface area contributed by atoms with E-state index in [0.717, 1.165) is 0 Å². The van der Waals surface area contributed by atoms with Gasteiger partial charge < -0.3 is 14.8 Å². The first-order chi connectivity index (χ1) is 7.47. The Bertz CT molecular complexity index is 237. The van der Waals surface area contributed by atoms with Gasteiger partial charge in [0.05, 0.1) is 18.7 Å². The molecular formula is C11H19FNNaO3. The molecule has 1 atom stereocenters. The van der Waals surface area contributed by atoms with Gasteiger partial charge in [0, 0.05) is 13.0 Å². The molecule has 0 rings (SSSR count). The summed E-state index contributed by atoms with van der Waals surface area (Å²) in [5.74, 6) is -1.47. The fraction of sp³-hybridized carbons (Fsp3) is 0.818. The van der Waals surface area contributed by atoms with E-state index in [4.69, 9.17) is 0 Å². The van der Waals surface area contributed by atoms with Gasteiger partial charge in [-0.05, 0) is 26.7 Å². The van der Waals surface area contributed by atoms with Gasteiger partial charge in [-0.25, -0.2) is 4.39 Å². The number of hydrogen-bond acceptors (Lipinski definition) is 3. The summed E-state index contributed by atoms with van der Waals surface area (Å²) in [7, 11) is 0. The van der Waals surface area contributed by atoms with Crippen LogP contribution in [0.1, 0.15) is 39.5 Å². The van der Waals surface area contributed by atoms with Crippen molar-refractivity contribution in [1.82, 2.24) is 4.90 Å². The minimum atomic E-state index is -1.26. The molecule has 1 unspecified atom stereocenters. The number of likely N-dealkylation sites (N-methyl/N-ethyl adjacent to an activating group) is 1. The normalized spacial score (nSPS) is 11.5. The van der Waals surface area contributed by atoms with Crippen LogP contribution in [0, 0.1) is 0 Å². The number of unbranched alkanes of at least 4 members (excludes halogenated alkanes) is 1.